The molecule has 0 spiro atoms. The summed E-state index contributed by atoms with van der Waals surface area (Å²) >= 11 is 0. The first-order valence-electron chi connectivity index (χ1n) is 7.48. The molecule has 1 saturated carbocycles. The van der Waals surface area contributed by atoms with Crippen LogP contribution in [0.25, 0.3) is 10.9 Å². The van der Waals surface area contributed by atoms with Crippen molar-refractivity contribution in [1.29, 1.82) is 0 Å². The zero-order valence-electron chi connectivity index (χ0n) is 11.9. The van der Waals surface area contributed by atoms with E-state index in [1.165, 1.54) is 36.6 Å². The highest BCUT2D eigenvalue weighted by Crippen LogP contribution is 2.34. The van der Waals surface area contributed by atoms with Crippen LogP contribution in [-0.4, -0.2) is 15.6 Å². The smallest absolute Gasteiger partial charge is 0.306 e. The van der Waals surface area contributed by atoms with Gasteiger partial charge in [-0.1, -0.05) is 38.0 Å². The summed E-state index contributed by atoms with van der Waals surface area (Å²) in [6, 6.07) is 8.98. The van der Waals surface area contributed by atoms with Crippen LogP contribution in [0.15, 0.2) is 30.5 Å². The van der Waals surface area contributed by atoms with E-state index in [-0.39, 0.29) is 5.92 Å². The Balaban J connectivity index is 2.02. The van der Waals surface area contributed by atoms with E-state index in [0.717, 1.165) is 5.56 Å². The van der Waals surface area contributed by atoms with Crippen LogP contribution in [0.3, 0.4) is 0 Å². The molecule has 1 N–H and O–H groups in total. The van der Waals surface area contributed by atoms with Gasteiger partial charge in [0.2, 0.25) is 0 Å². The van der Waals surface area contributed by atoms with E-state index in [2.05, 4.69) is 29.0 Å². The predicted molar refractivity (Wildman–Crippen MR) is 79.9 cm³/mol. The number of carbonyl (C=O) groups is 1. The van der Waals surface area contributed by atoms with Crippen LogP contribution in [-0.2, 0) is 11.2 Å². The molecule has 0 saturated heterocycles. The van der Waals surface area contributed by atoms with Crippen molar-refractivity contribution in [3.05, 3.63) is 36.0 Å². The molecule has 3 rings (SSSR count). The summed E-state index contributed by atoms with van der Waals surface area (Å²) in [5.41, 5.74) is 2.40. The lowest BCUT2D eigenvalue weighted by molar-refractivity contribution is -0.141. The summed E-state index contributed by atoms with van der Waals surface area (Å²) in [6.07, 6.45) is 7.87. The van der Waals surface area contributed by atoms with Crippen LogP contribution in [0, 0.1) is 5.92 Å². The molecule has 1 unspecified atom stereocenters. The number of hydrogen-bond donors (Lipinski definition) is 1. The summed E-state index contributed by atoms with van der Waals surface area (Å²) < 4.78 is 2.38. The van der Waals surface area contributed by atoms with Gasteiger partial charge in [0.1, 0.15) is 0 Å². The third kappa shape index (κ3) is 2.33. The molecule has 0 aliphatic heterocycles. The maximum absolute atomic E-state index is 11.1. The third-order valence-corrected chi connectivity index (χ3v) is 4.49. The topological polar surface area (TPSA) is 42.2 Å². The minimum atomic E-state index is -0.721. The predicted octanol–water partition coefficient (Wildman–Crippen LogP) is 4.02. The number of aromatic nitrogens is 1. The number of carboxylic acid groups (broad SMARTS) is 1. The number of nitrogens with zero attached hydrogens (tertiary/aromatic N) is 1. The Morgan fingerprint density at radius 3 is 2.80 bits per heavy atom. The molecule has 1 aromatic heterocycles. The third-order valence-electron chi connectivity index (χ3n) is 4.49. The van der Waals surface area contributed by atoms with E-state index in [1.807, 2.05) is 6.07 Å². The van der Waals surface area contributed by atoms with Gasteiger partial charge in [0, 0.05) is 12.2 Å². The lowest BCUT2D eigenvalue weighted by atomic mass is 9.99. The summed E-state index contributed by atoms with van der Waals surface area (Å²) in [5.74, 6) is -1.06. The van der Waals surface area contributed by atoms with E-state index in [9.17, 15) is 4.79 Å². The van der Waals surface area contributed by atoms with Crippen LogP contribution in [0.2, 0.25) is 0 Å². The standard InChI is InChI=1S/C17H21NO2/c1-12(17(19)20)11-14-6-4-5-13-9-10-18(16(13)14)15-7-2-3-8-15/h4-6,9-10,12,15H,2-3,7-8,11H2,1H3,(H,19,20). The van der Waals surface area contributed by atoms with E-state index in [4.69, 9.17) is 5.11 Å². The molecular formula is C17H21NO2. The molecule has 3 nitrogen and oxygen atoms in total. The number of para-hydroxylation sites is 1. The Morgan fingerprint density at radius 1 is 1.35 bits per heavy atom. The maximum atomic E-state index is 11.1. The first kappa shape index (κ1) is 13.2. The van der Waals surface area contributed by atoms with Crippen LogP contribution < -0.4 is 0 Å². The highest BCUT2D eigenvalue weighted by Gasteiger charge is 2.20. The van der Waals surface area contributed by atoms with Gasteiger partial charge >= 0.3 is 5.97 Å². The number of aliphatic carboxylic acids is 1. The fourth-order valence-corrected chi connectivity index (χ4v) is 3.36. The Morgan fingerprint density at radius 2 is 2.10 bits per heavy atom. The number of rotatable bonds is 4. The average molecular weight is 271 g/mol. The first-order valence-corrected chi connectivity index (χ1v) is 7.48. The SMILES string of the molecule is CC(Cc1cccc2ccn(C3CCCC3)c12)C(=O)O. The van der Waals surface area contributed by atoms with Crippen LogP contribution in [0.5, 0.6) is 0 Å². The summed E-state index contributed by atoms with van der Waals surface area (Å²) in [4.78, 5) is 11.1. The molecule has 1 fully saturated rings. The quantitative estimate of drug-likeness (QED) is 0.912. The van der Waals surface area contributed by atoms with Crippen molar-refractivity contribution in [3.63, 3.8) is 0 Å². The monoisotopic (exact) mass is 271 g/mol. The molecule has 2 aromatic rings. The second-order valence-electron chi connectivity index (χ2n) is 5.96. The fourth-order valence-electron chi connectivity index (χ4n) is 3.36. The minimum absolute atomic E-state index is 0.340. The zero-order valence-corrected chi connectivity index (χ0v) is 11.9. The molecule has 0 amide bonds. The van der Waals surface area contributed by atoms with Gasteiger partial charge < -0.3 is 9.67 Å². The van der Waals surface area contributed by atoms with Crippen molar-refractivity contribution in [2.45, 2.75) is 45.1 Å². The van der Waals surface area contributed by atoms with E-state index >= 15 is 0 Å². The van der Waals surface area contributed by atoms with E-state index in [1.54, 1.807) is 6.92 Å². The number of hydrogen-bond acceptors (Lipinski definition) is 1. The molecule has 1 aliphatic carbocycles. The molecule has 1 heterocycles. The lowest BCUT2D eigenvalue weighted by Gasteiger charge is -2.17. The molecule has 1 aliphatic rings. The highest BCUT2D eigenvalue weighted by atomic mass is 16.4. The molecule has 1 atom stereocenters. The maximum Gasteiger partial charge on any atom is 0.306 e. The van der Waals surface area contributed by atoms with Gasteiger partial charge in [0.15, 0.2) is 0 Å². The highest BCUT2D eigenvalue weighted by molar-refractivity contribution is 5.84. The lowest BCUT2D eigenvalue weighted by Crippen LogP contribution is -2.13. The Hall–Kier alpha value is -1.77. The minimum Gasteiger partial charge on any atom is -0.481 e. The molecule has 0 radical (unpaired) electrons. The van der Waals surface area contributed by atoms with Gasteiger partial charge in [0.05, 0.1) is 11.4 Å². The van der Waals surface area contributed by atoms with Crippen LogP contribution >= 0.6 is 0 Å². The average Bonchev–Trinajstić information content (AvgIpc) is 3.07. The van der Waals surface area contributed by atoms with E-state index < -0.39 is 5.97 Å². The molecular weight excluding hydrogens is 250 g/mol. The van der Waals surface area contributed by atoms with Gasteiger partial charge in [-0.2, -0.15) is 0 Å². The van der Waals surface area contributed by atoms with Gasteiger partial charge in [0.25, 0.3) is 0 Å². The largest absolute Gasteiger partial charge is 0.481 e. The van der Waals surface area contributed by atoms with Gasteiger partial charge in [-0.3, -0.25) is 4.79 Å². The Bertz CT molecular complexity index is 623. The number of carboxylic acids is 1. The second-order valence-corrected chi connectivity index (χ2v) is 5.96. The van der Waals surface area contributed by atoms with Crippen molar-refractivity contribution in [3.8, 4) is 0 Å². The van der Waals surface area contributed by atoms with E-state index in [0.29, 0.717) is 12.5 Å². The van der Waals surface area contributed by atoms with Crippen molar-refractivity contribution in [2.75, 3.05) is 0 Å². The first-order chi connectivity index (χ1) is 9.66. The molecule has 3 heteroatoms. The molecule has 0 bridgehead atoms. The second kappa shape index (κ2) is 5.31. The van der Waals surface area contributed by atoms with Crippen molar-refractivity contribution in [2.24, 2.45) is 5.92 Å². The summed E-state index contributed by atoms with van der Waals surface area (Å²) in [5, 5.41) is 10.4. The van der Waals surface area contributed by atoms with Crippen LogP contribution in [0.1, 0.15) is 44.2 Å². The van der Waals surface area contributed by atoms with Gasteiger partial charge in [-0.25, -0.2) is 0 Å². The molecule has 106 valence electrons. The molecule has 20 heavy (non-hydrogen) atoms. The number of fused-ring (bicyclic) bond motifs is 1. The summed E-state index contributed by atoms with van der Waals surface area (Å²) in [6.45, 7) is 1.78. The van der Waals surface area contributed by atoms with Crippen molar-refractivity contribution in [1.82, 2.24) is 4.57 Å². The van der Waals surface area contributed by atoms with Crippen molar-refractivity contribution < 1.29 is 9.90 Å². The summed E-state index contributed by atoms with van der Waals surface area (Å²) in [7, 11) is 0. The fraction of sp³-hybridized carbons (Fsp3) is 0.471. The normalized spacial score (nSPS) is 17.6. The zero-order chi connectivity index (χ0) is 14.1. The number of benzene rings is 1. The Kier molecular flexibility index (Phi) is 3.51. The van der Waals surface area contributed by atoms with Crippen molar-refractivity contribution >= 4 is 16.9 Å². The Labute approximate surface area is 119 Å². The van der Waals surface area contributed by atoms with Crippen LogP contribution in [0.4, 0.5) is 0 Å². The molecule has 1 aromatic carbocycles. The van der Waals surface area contributed by atoms with Gasteiger partial charge in [-0.15, -0.1) is 0 Å². The van der Waals surface area contributed by atoms with Gasteiger partial charge in [-0.05, 0) is 36.3 Å².